The third-order valence-corrected chi connectivity index (χ3v) is 4.88. The summed E-state index contributed by atoms with van der Waals surface area (Å²) in [6.07, 6.45) is 3.35. The van der Waals surface area contributed by atoms with Crippen LogP contribution in [0.2, 0.25) is 0 Å². The molecule has 142 valence electrons. The summed E-state index contributed by atoms with van der Waals surface area (Å²) >= 11 is 0. The molecule has 0 N–H and O–H groups in total. The lowest BCUT2D eigenvalue weighted by molar-refractivity contribution is -0.274. The number of likely N-dealkylation sites (tertiary alicyclic amines) is 2. The molecule has 2 heterocycles. The van der Waals surface area contributed by atoms with E-state index in [0.717, 1.165) is 51.2 Å². The average Bonchev–Trinajstić information content (AvgIpc) is 3.24. The van der Waals surface area contributed by atoms with Crippen molar-refractivity contribution in [2.24, 2.45) is 0 Å². The first kappa shape index (κ1) is 18.8. The number of ether oxygens (including phenoxy) is 1. The van der Waals surface area contributed by atoms with Crippen molar-refractivity contribution in [1.29, 1.82) is 0 Å². The van der Waals surface area contributed by atoms with E-state index in [2.05, 4.69) is 14.5 Å². The molecular weight excluding hydrogens is 345 g/mol. The lowest BCUT2D eigenvalue weighted by atomic mass is 10.1. The average molecular weight is 368 g/mol. The van der Waals surface area contributed by atoms with Gasteiger partial charge in [0.05, 0.1) is 0 Å². The molecule has 2 aliphatic rings. The van der Waals surface area contributed by atoms with Gasteiger partial charge in [-0.3, -0.25) is 4.79 Å². The fourth-order valence-electron chi connectivity index (χ4n) is 3.59. The highest BCUT2D eigenvalue weighted by molar-refractivity contribution is 6.04. The van der Waals surface area contributed by atoms with Gasteiger partial charge in [-0.2, -0.15) is 0 Å². The highest BCUT2D eigenvalue weighted by Gasteiger charge is 2.31. The van der Waals surface area contributed by atoms with E-state index in [1.54, 1.807) is 0 Å². The van der Waals surface area contributed by atoms with E-state index in [-0.39, 0.29) is 11.5 Å². The Kier molecular flexibility index (Phi) is 5.86. The van der Waals surface area contributed by atoms with Gasteiger partial charge in [0.15, 0.2) is 5.78 Å². The maximum Gasteiger partial charge on any atom is 0.573 e. The molecule has 0 radical (unpaired) electrons. The number of carbonyl (C=O) groups is 1. The molecule has 0 bridgehead atoms. The van der Waals surface area contributed by atoms with E-state index in [0.29, 0.717) is 11.6 Å². The number of benzene rings is 1. The van der Waals surface area contributed by atoms with Gasteiger partial charge in [-0.1, -0.05) is 0 Å². The van der Waals surface area contributed by atoms with Crippen LogP contribution in [-0.4, -0.2) is 54.2 Å². The first-order valence-electron chi connectivity index (χ1n) is 8.97. The number of ketones is 1. The van der Waals surface area contributed by atoms with Crippen molar-refractivity contribution in [2.75, 3.05) is 26.2 Å². The minimum Gasteiger partial charge on any atom is -0.406 e. The lowest BCUT2D eigenvalue weighted by Gasteiger charge is -2.27. The van der Waals surface area contributed by atoms with Gasteiger partial charge < -0.3 is 14.5 Å². The second-order valence-corrected chi connectivity index (χ2v) is 6.79. The van der Waals surface area contributed by atoms with Gasteiger partial charge in [0.25, 0.3) is 0 Å². The standard InChI is InChI=1S/C19H23F3N2O2/c20-19(21,22)26-17-7-5-15(6-8-17)18(25)9-13-24-12-3-4-16(24)14-23-10-1-2-11-23/h5-9,13,16H,1-4,10-12,14H2/b13-9+/t16-/m0/s1. The first-order valence-corrected chi connectivity index (χ1v) is 8.97. The van der Waals surface area contributed by atoms with Gasteiger partial charge in [-0.05, 0) is 63.0 Å². The van der Waals surface area contributed by atoms with Crippen molar-refractivity contribution in [2.45, 2.75) is 38.1 Å². The van der Waals surface area contributed by atoms with Gasteiger partial charge in [-0.25, -0.2) is 0 Å². The Balaban J connectivity index is 1.56. The fourth-order valence-corrected chi connectivity index (χ4v) is 3.59. The molecule has 0 aromatic heterocycles. The van der Waals surface area contributed by atoms with Crippen LogP contribution in [0.3, 0.4) is 0 Å². The summed E-state index contributed by atoms with van der Waals surface area (Å²) in [5.74, 6) is -0.557. The molecule has 2 saturated heterocycles. The summed E-state index contributed by atoms with van der Waals surface area (Å²) in [4.78, 5) is 16.9. The molecule has 4 nitrogen and oxygen atoms in total. The molecule has 7 heteroatoms. The summed E-state index contributed by atoms with van der Waals surface area (Å²) in [6, 6.07) is 5.43. The molecule has 3 rings (SSSR count). The maximum atomic E-state index is 12.3. The number of allylic oxidation sites excluding steroid dienone is 1. The minimum absolute atomic E-state index is 0.226. The van der Waals surface area contributed by atoms with Crippen LogP contribution in [0.1, 0.15) is 36.0 Å². The number of hydrogen-bond acceptors (Lipinski definition) is 4. The number of alkyl halides is 3. The maximum absolute atomic E-state index is 12.3. The quantitative estimate of drug-likeness (QED) is 0.564. The topological polar surface area (TPSA) is 32.8 Å². The lowest BCUT2D eigenvalue weighted by Crippen LogP contribution is -2.36. The molecule has 1 aromatic rings. The van der Waals surface area contributed by atoms with Crippen LogP contribution < -0.4 is 4.74 Å². The second-order valence-electron chi connectivity index (χ2n) is 6.79. The van der Waals surface area contributed by atoms with Crippen molar-refractivity contribution in [3.8, 4) is 5.75 Å². The van der Waals surface area contributed by atoms with E-state index >= 15 is 0 Å². The van der Waals surface area contributed by atoms with Crippen molar-refractivity contribution in [3.63, 3.8) is 0 Å². The normalized spacial score (nSPS) is 21.7. The Hall–Kier alpha value is -2.02. The molecular formula is C19H23F3N2O2. The second kappa shape index (κ2) is 8.12. The minimum atomic E-state index is -4.73. The van der Waals surface area contributed by atoms with Crippen LogP contribution in [-0.2, 0) is 0 Å². The SMILES string of the molecule is O=C(/C=C/N1CCC[C@H]1CN1CCCC1)c1ccc(OC(F)(F)F)cc1. The smallest absolute Gasteiger partial charge is 0.406 e. The van der Waals surface area contributed by atoms with E-state index in [1.165, 1.54) is 31.1 Å². The summed E-state index contributed by atoms with van der Waals surface area (Å²) in [5, 5.41) is 0. The molecule has 0 unspecified atom stereocenters. The van der Waals surface area contributed by atoms with E-state index in [9.17, 15) is 18.0 Å². The predicted molar refractivity (Wildman–Crippen MR) is 92.0 cm³/mol. The molecule has 2 fully saturated rings. The van der Waals surface area contributed by atoms with E-state index < -0.39 is 6.36 Å². The highest BCUT2D eigenvalue weighted by atomic mass is 19.4. The van der Waals surface area contributed by atoms with Crippen molar-refractivity contribution < 1.29 is 22.7 Å². The molecule has 26 heavy (non-hydrogen) atoms. The van der Waals surface area contributed by atoms with Crippen molar-refractivity contribution >= 4 is 5.78 Å². The molecule has 0 spiro atoms. The Morgan fingerprint density at radius 2 is 1.81 bits per heavy atom. The number of carbonyl (C=O) groups excluding carboxylic acids is 1. The first-order chi connectivity index (χ1) is 12.4. The van der Waals surface area contributed by atoms with Crippen LogP contribution in [0.5, 0.6) is 5.75 Å². The zero-order valence-corrected chi connectivity index (χ0v) is 14.5. The Labute approximate surface area is 151 Å². The third-order valence-electron chi connectivity index (χ3n) is 4.88. The summed E-state index contributed by atoms with van der Waals surface area (Å²) in [7, 11) is 0. The van der Waals surface area contributed by atoms with Gasteiger partial charge in [0.2, 0.25) is 0 Å². The van der Waals surface area contributed by atoms with Gasteiger partial charge in [0.1, 0.15) is 5.75 Å². The molecule has 0 saturated carbocycles. The highest BCUT2D eigenvalue weighted by Crippen LogP contribution is 2.23. The third kappa shape index (κ3) is 5.24. The number of hydrogen-bond donors (Lipinski definition) is 0. The fraction of sp³-hybridized carbons (Fsp3) is 0.526. The van der Waals surface area contributed by atoms with Crippen LogP contribution in [0.4, 0.5) is 13.2 Å². The number of nitrogens with zero attached hydrogens (tertiary/aromatic N) is 2. The van der Waals surface area contributed by atoms with Crippen LogP contribution in [0.15, 0.2) is 36.5 Å². The number of rotatable bonds is 6. The van der Waals surface area contributed by atoms with Gasteiger partial charge in [-0.15, -0.1) is 13.2 Å². The number of halogens is 3. The van der Waals surface area contributed by atoms with Crippen molar-refractivity contribution in [3.05, 3.63) is 42.1 Å². The van der Waals surface area contributed by atoms with Gasteiger partial charge >= 0.3 is 6.36 Å². The summed E-state index contributed by atoms with van der Waals surface area (Å²) in [6.45, 7) is 4.27. The van der Waals surface area contributed by atoms with Crippen molar-refractivity contribution in [1.82, 2.24) is 9.80 Å². The zero-order valence-electron chi connectivity index (χ0n) is 14.5. The Morgan fingerprint density at radius 3 is 2.46 bits per heavy atom. The Bertz CT molecular complexity index is 637. The predicted octanol–water partition coefficient (Wildman–Crippen LogP) is 3.84. The largest absolute Gasteiger partial charge is 0.573 e. The molecule has 2 aliphatic heterocycles. The van der Waals surface area contributed by atoms with E-state index in [4.69, 9.17) is 0 Å². The Morgan fingerprint density at radius 1 is 1.12 bits per heavy atom. The zero-order chi connectivity index (χ0) is 18.6. The van der Waals surface area contributed by atoms with Gasteiger partial charge in [0, 0.05) is 37.0 Å². The van der Waals surface area contributed by atoms with Crippen LogP contribution >= 0.6 is 0 Å². The molecule has 0 aliphatic carbocycles. The van der Waals surface area contributed by atoms with E-state index in [1.807, 2.05) is 6.20 Å². The molecule has 0 amide bonds. The van der Waals surface area contributed by atoms with Crippen LogP contribution in [0, 0.1) is 0 Å². The molecule has 1 aromatic carbocycles. The summed E-state index contributed by atoms with van der Waals surface area (Å²) in [5.41, 5.74) is 0.339. The van der Waals surface area contributed by atoms with Crippen LogP contribution in [0.25, 0.3) is 0 Å². The molecule has 1 atom stereocenters. The monoisotopic (exact) mass is 368 g/mol. The summed E-state index contributed by atoms with van der Waals surface area (Å²) < 4.78 is 40.3.